The maximum absolute atomic E-state index is 11.5. The van der Waals surface area contributed by atoms with Crippen LogP contribution < -0.4 is 10.6 Å². The minimum Gasteiger partial charge on any atom is -0.361 e. The van der Waals surface area contributed by atoms with E-state index in [9.17, 15) is 4.79 Å². The Bertz CT molecular complexity index is 609. The van der Waals surface area contributed by atoms with E-state index in [-0.39, 0.29) is 5.91 Å². The van der Waals surface area contributed by atoms with E-state index < -0.39 is 0 Å². The molecule has 1 aliphatic rings. The zero-order valence-corrected chi connectivity index (χ0v) is 12.7. The van der Waals surface area contributed by atoms with E-state index in [0.717, 1.165) is 32.7 Å². The van der Waals surface area contributed by atoms with Crippen molar-refractivity contribution in [3.63, 3.8) is 0 Å². The molecule has 1 fully saturated rings. The number of benzene rings is 1. The summed E-state index contributed by atoms with van der Waals surface area (Å²) >= 11 is 5.05. The van der Waals surface area contributed by atoms with Gasteiger partial charge in [0.2, 0.25) is 5.91 Å². The number of thiazole rings is 1. The van der Waals surface area contributed by atoms with Crippen molar-refractivity contribution in [2.45, 2.75) is 25.3 Å². The Balaban J connectivity index is 1.54. The number of anilines is 1. The number of carbonyl (C=O) groups excluding carboxylic acids is 1. The van der Waals surface area contributed by atoms with Gasteiger partial charge in [-0.15, -0.1) is 0 Å². The Morgan fingerprint density at radius 2 is 2.32 bits per heavy atom. The number of nitrogens with one attached hydrogen (secondary N) is 2. The number of nitrogens with zero attached hydrogens (tertiary/aromatic N) is 1. The molecule has 0 bridgehead atoms. The highest BCUT2D eigenvalue weighted by molar-refractivity contribution is 9.10. The maximum Gasteiger partial charge on any atom is 0.221 e. The van der Waals surface area contributed by atoms with Crippen molar-refractivity contribution in [3.8, 4) is 0 Å². The van der Waals surface area contributed by atoms with Crippen LogP contribution in [0.1, 0.15) is 19.3 Å². The van der Waals surface area contributed by atoms with Gasteiger partial charge in [0.1, 0.15) is 0 Å². The van der Waals surface area contributed by atoms with Crippen LogP contribution in [-0.4, -0.2) is 23.5 Å². The van der Waals surface area contributed by atoms with Crippen molar-refractivity contribution in [2.24, 2.45) is 0 Å². The second-order valence-electron chi connectivity index (χ2n) is 4.65. The van der Waals surface area contributed by atoms with Crippen LogP contribution in [0.25, 0.3) is 10.2 Å². The van der Waals surface area contributed by atoms with Gasteiger partial charge in [0, 0.05) is 23.5 Å². The van der Waals surface area contributed by atoms with E-state index in [2.05, 4.69) is 37.6 Å². The summed E-state index contributed by atoms with van der Waals surface area (Å²) in [5, 5.41) is 7.05. The smallest absolute Gasteiger partial charge is 0.221 e. The molecule has 0 spiro atoms. The third-order valence-corrected chi connectivity index (χ3v) is 4.39. The highest BCUT2D eigenvalue weighted by atomic mass is 79.9. The van der Waals surface area contributed by atoms with Crippen molar-refractivity contribution in [1.82, 2.24) is 10.3 Å². The maximum atomic E-state index is 11.5. The number of rotatable bonds is 5. The first-order chi connectivity index (χ1) is 9.20. The SMILES string of the molecule is O=C(CCNc1nc2ccc(Br)cc2s1)NC1CC1. The number of hydrogen-bond donors (Lipinski definition) is 2. The van der Waals surface area contributed by atoms with Gasteiger partial charge in [-0.1, -0.05) is 27.3 Å². The van der Waals surface area contributed by atoms with E-state index in [1.54, 1.807) is 11.3 Å². The fourth-order valence-corrected chi connectivity index (χ4v) is 3.23. The van der Waals surface area contributed by atoms with Gasteiger partial charge in [0.15, 0.2) is 5.13 Å². The standard InChI is InChI=1S/C13H14BrN3OS/c14-8-1-4-10-11(7-8)19-13(17-10)15-6-5-12(18)16-9-2-3-9/h1,4,7,9H,2-3,5-6H2,(H,15,17)(H,16,18). The van der Waals surface area contributed by atoms with Gasteiger partial charge in [-0.05, 0) is 31.0 Å². The Kier molecular flexibility index (Phi) is 3.70. The minimum absolute atomic E-state index is 0.124. The van der Waals surface area contributed by atoms with Gasteiger partial charge in [0.25, 0.3) is 0 Å². The molecule has 1 saturated carbocycles. The molecule has 0 saturated heterocycles. The average Bonchev–Trinajstić information content (AvgIpc) is 3.07. The fraction of sp³-hybridized carbons (Fsp3) is 0.385. The molecular formula is C13H14BrN3OS. The van der Waals surface area contributed by atoms with Gasteiger partial charge in [-0.3, -0.25) is 4.79 Å². The van der Waals surface area contributed by atoms with Gasteiger partial charge in [0.05, 0.1) is 10.2 Å². The van der Waals surface area contributed by atoms with E-state index in [1.165, 1.54) is 0 Å². The molecule has 100 valence electrons. The number of fused-ring (bicyclic) bond motifs is 1. The van der Waals surface area contributed by atoms with Crippen LogP contribution in [-0.2, 0) is 4.79 Å². The van der Waals surface area contributed by atoms with E-state index in [4.69, 9.17) is 0 Å². The zero-order chi connectivity index (χ0) is 13.2. The first kappa shape index (κ1) is 12.9. The first-order valence-electron chi connectivity index (χ1n) is 6.30. The second-order valence-corrected chi connectivity index (χ2v) is 6.60. The molecule has 2 N–H and O–H groups in total. The van der Waals surface area contributed by atoms with Crippen molar-refractivity contribution in [1.29, 1.82) is 0 Å². The topological polar surface area (TPSA) is 54.0 Å². The zero-order valence-electron chi connectivity index (χ0n) is 10.3. The van der Waals surface area contributed by atoms with Crippen molar-refractivity contribution >= 4 is 48.5 Å². The summed E-state index contributed by atoms with van der Waals surface area (Å²) in [7, 11) is 0. The number of carbonyl (C=O) groups is 1. The molecule has 2 aromatic rings. The summed E-state index contributed by atoms with van der Waals surface area (Å²) in [6, 6.07) is 6.46. The lowest BCUT2D eigenvalue weighted by Crippen LogP contribution is -2.27. The molecule has 1 aromatic heterocycles. The second kappa shape index (κ2) is 5.46. The summed E-state index contributed by atoms with van der Waals surface area (Å²) in [4.78, 5) is 16.0. The molecule has 1 aromatic carbocycles. The number of halogens is 1. The van der Waals surface area contributed by atoms with Crippen molar-refractivity contribution in [2.75, 3.05) is 11.9 Å². The average molecular weight is 340 g/mol. The van der Waals surface area contributed by atoms with Crippen LogP contribution in [0, 0.1) is 0 Å². The molecule has 19 heavy (non-hydrogen) atoms. The molecule has 1 amide bonds. The van der Waals surface area contributed by atoms with Crippen LogP contribution in [0.3, 0.4) is 0 Å². The predicted octanol–water partition coefficient (Wildman–Crippen LogP) is 3.14. The largest absolute Gasteiger partial charge is 0.361 e. The van der Waals surface area contributed by atoms with E-state index in [1.807, 2.05) is 12.1 Å². The van der Waals surface area contributed by atoms with Gasteiger partial charge >= 0.3 is 0 Å². The molecule has 4 nitrogen and oxygen atoms in total. The molecular weight excluding hydrogens is 326 g/mol. The summed E-state index contributed by atoms with van der Waals surface area (Å²) < 4.78 is 2.19. The summed E-state index contributed by atoms with van der Waals surface area (Å²) in [6.45, 7) is 0.625. The lowest BCUT2D eigenvalue weighted by atomic mass is 10.3. The van der Waals surface area contributed by atoms with Crippen molar-refractivity contribution < 1.29 is 4.79 Å². The monoisotopic (exact) mass is 339 g/mol. The molecule has 0 unspecified atom stereocenters. The van der Waals surface area contributed by atoms with E-state index in [0.29, 0.717) is 19.0 Å². The third-order valence-electron chi connectivity index (χ3n) is 2.92. The number of aromatic nitrogens is 1. The van der Waals surface area contributed by atoms with Gasteiger partial charge < -0.3 is 10.6 Å². The van der Waals surface area contributed by atoms with Crippen LogP contribution in [0.15, 0.2) is 22.7 Å². The predicted molar refractivity (Wildman–Crippen MR) is 81.6 cm³/mol. The van der Waals surface area contributed by atoms with Crippen LogP contribution in [0.4, 0.5) is 5.13 Å². The number of hydrogen-bond acceptors (Lipinski definition) is 4. The summed E-state index contributed by atoms with van der Waals surface area (Å²) in [5.41, 5.74) is 0.984. The Morgan fingerprint density at radius 3 is 3.11 bits per heavy atom. The molecule has 6 heteroatoms. The van der Waals surface area contributed by atoms with Crippen molar-refractivity contribution in [3.05, 3.63) is 22.7 Å². The van der Waals surface area contributed by atoms with Crippen LogP contribution in [0.5, 0.6) is 0 Å². The Morgan fingerprint density at radius 1 is 1.47 bits per heavy atom. The van der Waals surface area contributed by atoms with Crippen LogP contribution in [0.2, 0.25) is 0 Å². The number of amides is 1. The normalized spacial score (nSPS) is 14.6. The summed E-state index contributed by atoms with van der Waals surface area (Å²) in [5.74, 6) is 0.124. The Hall–Kier alpha value is -1.14. The minimum atomic E-state index is 0.124. The highest BCUT2D eigenvalue weighted by Crippen LogP contribution is 2.28. The molecule has 1 aliphatic carbocycles. The molecule has 1 heterocycles. The molecule has 3 rings (SSSR count). The molecule has 0 aliphatic heterocycles. The highest BCUT2D eigenvalue weighted by Gasteiger charge is 2.22. The lowest BCUT2D eigenvalue weighted by molar-refractivity contribution is -0.120. The summed E-state index contributed by atoms with van der Waals surface area (Å²) in [6.07, 6.45) is 2.76. The Labute approximate surface area is 123 Å². The third kappa shape index (κ3) is 3.45. The van der Waals surface area contributed by atoms with Gasteiger partial charge in [-0.2, -0.15) is 0 Å². The quantitative estimate of drug-likeness (QED) is 0.879. The molecule has 0 radical (unpaired) electrons. The fourth-order valence-electron chi connectivity index (χ4n) is 1.78. The van der Waals surface area contributed by atoms with Crippen LogP contribution >= 0.6 is 27.3 Å². The van der Waals surface area contributed by atoms with E-state index >= 15 is 0 Å². The van der Waals surface area contributed by atoms with Gasteiger partial charge in [-0.25, -0.2) is 4.98 Å². The lowest BCUT2D eigenvalue weighted by Gasteiger charge is -2.03. The first-order valence-corrected chi connectivity index (χ1v) is 7.91. The molecule has 0 atom stereocenters.